The normalized spacial score (nSPS) is 11.7. The van der Waals surface area contributed by atoms with Crippen LogP contribution in [0.2, 0.25) is 10.0 Å². The predicted octanol–water partition coefficient (Wildman–Crippen LogP) is 5.79. The second-order valence-corrected chi connectivity index (χ2v) is 10.3. The molecule has 0 unspecified atom stereocenters. The lowest BCUT2D eigenvalue weighted by Crippen LogP contribution is -2.45. The Morgan fingerprint density at radius 1 is 1.05 bits per heavy atom. The van der Waals surface area contributed by atoms with Gasteiger partial charge in [0.1, 0.15) is 29.9 Å². The first kappa shape index (κ1) is 29.7. The standard InChI is InChI=1S/C30H25Cl2FN6O4/c1-18-3-14-26(43-18)29-35-37-38(36-29)17-27(40)39(22-10-13-25(33)24(32)15-22)28(20-6-8-21(31)9-7-20)30(41)34-16-19-4-11-23(42-2)12-5-19/h3-15,28H,16-17H2,1-2H3,(H,34,41)/t28-/m1/s1. The Morgan fingerprint density at radius 3 is 2.44 bits per heavy atom. The molecule has 0 aliphatic rings. The average Bonchev–Trinajstić information content (AvgIpc) is 3.65. The Morgan fingerprint density at radius 2 is 1.79 bits per heavy atom. The number of furan rings is 1. The molecule has 0 saturated heterocycles. The van der Waals surface area contributed by atoms with Gasteiger partial charge in [0.2, 0.25) is 11.7 Å². The molecule has 0 fully saturated rings. The summed E-state index contributed by atoms with van der Waals surface area (Å²) in [6.45, 7) is 1.53. The van der Waals surface area contributed by atoms with Crippen LogP contribution in [0.5, 0.6) is 5.75 Å². The number of methoxy groups -OCH3 is 1. The van der Waals surface area contributed by atoms with E-state index in [-0.39, 0.29) is 23.1 Å². The molecule has 2 aromatic heterocycles. The lowest BCUT2D eigenvalue weighted by molar-refractivity contribution is -0.127. The summed E-state index contributed by atoms with van der Waals surface area (Å²) in [4.78, 5) is 30.2. The van der Waals surface area contributed by atoms with E-state index in [1.165, 1.54) is 17.0 Å². The van der Waals surface area contributed by atoms with Crippen molar-refractivity contribution in [2.45, 2.75) is 26.1 Å². The molecular weight excluding hydrogens is 598 g/mol. The van der Waals surface area contributed by atoms with Crippen LogP contribution in [-0.4, -0.2) is 39.1 Å². The van der Waals surface area contributed by atoms with Crippen molar-refractivity contribution in [1.29, 1.82) is 0 Å². The van der Waals surface area contributed by atoms with Gasteiger partial charge in [0.25, 0.3) is 5.91 Å². The summed E-state index contributed by atoms with van der Waals surface area (Å²) in [5.74, 6) is 0.117. The van der Waals surface area contributed by atoms with E-state index in [1.54, 1.807) is 62.6 Å². The number of anilines is 1. The predicted molar refractivity (Wildman–Crippen MR) is 158 cm³/mol. The number of aryl methyl sites for hydroxylation is 1. The third-order valence-corrected chi connectivity index (χ3v) is 7.00. The number of tetrazole rings is 1. The molecule has 13 heteroatoms. The lowest BCUT2D eigenvalue weighted by atomic mass is 10.0. The first-order valence-electron chi connectivity index (χ1n) is 13.0. The molecule has 3 aromatic carbocycles. The van der Waals surface area contributed by atoms with E-state index >= 15 is 0 Å². The van der Waals surface area contributed by atoms with Gasteiger partial charge < -0.3 is 14.5 Å². The zero-order valence-corrected chi connectivity index (χ0v) is 24.5. The van der Waals surface area contributed by atoms with Crippen LogP contribution in [0.25, 0.3) is 11.6 Å². The van der Waals surface area contributed by atoms with Gasteiger partial charge in [-0.05, 0) is 77.9 Å². The van der Waals surface area contributed by atoms with Crippen molar-refractivity contribution in [2.24, 2.45) is 0 Å². The Bertz CT molecular complexity index is 1740. The van der Waals surface area contributed by atoms with Gasteiger partial charge in [-0.3, -0.25) is 14.5 Å². The SMILES string of the molecule is COc1ccc(CNC(=O)[C@@H](c2ccc(Cl)cc2)N(C(=O)Cn2nnc(-c3ccc(C)o3)n2)c2ccc(F)c(Cl)c2)cc1. The summed E-state index contributed by atoms with van der Waals surface area (Å²) in [6, 6.07) is 19.7. The number of benzene rings is 3. The lowest BCUT2D eigenvalue weighted by Gasteiger charge is -2.31. The number of halogens is 3. The van der Waals surface area contributed by atoms with Gasteiger partial charge in [0.05, 0.1) is 12.1 Å². The van der Waals surface area contributed by atoms with Crippen LogP contribution in [0.15, 0.2) is 83.3 Å². The smallest absolute Gasteiger partial charge is 0.251 e. The molecule has 0 aliphatic heterocycles. The second kappa shape index (κ2) is 13.1. The zero-order valence-electron chi connectivity index (χ0n) is 23.0. The zero-order chi connectivity index (χ0) is 30.5. The fourth-order valence-electron chi connectivity index (χ4n) is 4.32. The minimum atomic E-state index is -1.21. The van der Waals surface area contributed by atoms with Crippen LogP contribution in [0.3, 0.4) is 0 Å². The second-order valence-electron chi connectivity index (χ2n) is 9.44. The molecule has 10 nitrogen and oxygen atoms in total. The van der Waals surface area contributed by atoms with Crippen molar-refractivity contribution in [3.63, 3.8) is 0 Å². The number of carbonyl (C=O) groups excluding carboxylic acids is 2. The molecular formula is C30H25Cl2FN6O4. The minimum Gasteiger partial charge on any atom is -0.497 e. The van der Waals surface area contributed by atoms with E-state index in [0.717, 1.165) is 16.4 Å². The molecule has 0 spiro atoms. The molecule has 220 valence electrons. The third-order valence-electron chi connectivity index (χ3n) is 6.46. The number of nitrogens with one attached hydrogen (secondary N) is 1. The highest BCUT2D eigenvalue weighted by Gasteiger charge is 2.34. The largest absolute Gasteiger partial charge is 0.497 e. The van der Waals surface area contributed by atoms with Gasteiger partial charge in [-0.15, -0.1) is 10.2 Å². The number of hydrogen-bond donors (Lipinski definition) is 1. The number of aromatic nitrogens is 4. The van der Waals surface area contributed by atoms with Crippen LogP contribution in [-0.2, 0) is 22.7 Å². The van der Waals surface area contributed by atoms with E-state index in [2.05, 4.69) is 20.7 Å². The van der Waals surface area contributed by atoms with E-state index in [0.29, 0.717) is 27.9 Å². The van der Waals surface area contributed by atoms with Crippen molar-refractivity contribution in [3.8, 4) is 17.3 Å². The summed E-state index contributed by atoms with van der Waals surface area (Å²) in [5.41, 5.74) is 1.43. The topological polar surface area (TPSA) is 115 Å². The molecule has 5 rings (SSSR count). The van der Waals surface area contributed by atoms with E-state index in [4.69, 9.17) is 32.4 Å². The summed E-state index contributed by atoms with van der Waals surface area (Å²) >= 11 is 12.3. The van der Waals surface area contributed by atoms with Crippen molar-refractivity contribution in [2.75, 3.05) is 12.0 Å². The number of ether oxygens (including phenoxy) is 1. The summed E-state index contributed by atoms with van der Waals surface area (Å²) < 4.78 is 24.9. The number of rotatable bonds is 10. The van der Waals surface area contributed by atoms with Gasteiger partial charge >= 0.3 is 0 Å². The van der Waals surface area contributed by atoms with Gasteiger partial charge in [0.15, 0.2) is 5.76 Å². The van der Waals surface area contributed by atoms with Crippen LogP contribution in [0.4, 0.5) is 10.1 Å². The molecule has 5 aromatic rings. The first-order valence-corrected chi connectivity index (χ1v) is 13.8. The van der Waals surface area contributed by atoms with Crippen molar-refractivity contribution < 1.29 is 23.1 Å². The highest BCUT2D eigenvalue weighted by molar-refractivity contribution is 6.31. The maximum atomic E-state index is 14.2. The molecule has 2 heterocycles. The third kappa shape index (κ3) is 7.02. The highest BCUT2D eigenvalue weighted by atomic mass is 35.5. The van der Waals surface area contributed by atoms with Gasteiger partial charge in [-0.2, -0.15) is 4.80 Å². The highest BCUT2D eigenvalue weighted by Crippen LogP contribution is 2.32. The fraction of sp³-hybridized carbons (Fsp3) is 0.167. The Hall–Kier alpha value is -4.74. The number of amides is 2. The number of hydrogen-bond acceptors (Lipinski definition) is 7. The first-order chi connectivity index (χ1) is 20.7. The van der Waals surface area contributed by atoms with Crippen LogP contribution < -0.4 is 15.0 Å². The summed E-state index contributed by atoms with van der Waals surface area (Å²) in [6.07, 6.45) is 0. The van der Waals surface area contributed by atoms with E-state index < -0.39 is 30.2 Å². The van der Waals surface area contributed by atoms with Gasteiger partial charge in [0, 0.05) is 17.3 Å². The Balaban J connectivity index is 1.50. The molecule has 2 amide bonds. The number of nitrogens with zero attached hydrogens (tertiary/aromatic N) is 5. The molecule has 1 N–H and O–H groups in total. The maximum Gasteiger partial charge on any atom is 0.251 e. The van der Waals surface area contributed by atoms with Crippen LogP contribution in [0, 0.1) is 12.7 Å². The van der Waals surface area contributed by atoms with Crippen molar-refractivity contribution in [1.82, 2.24) is 25.5 Å². The quantitative estimate of drug-likeness (QED) is 0.210. The van der Waals surface area contributed by atoms with Gasteiger partial charge in [-0.25, -0.2) is 4.39 Å². The molecule has 0 saturated carbocycles. The number of carbonyl (C=O) groups is 2. The minimum absolute atomic E-state index is 0.162. The van der Waals surface area contributed by atoms with Crippen molar-refractivity contribution in [3.05, 3.63) is 112 Å². The van der Waals surface area contributed by atoms with E-state index in [1.807, 2.05) is 12.1 Å². The summed E-state index contributed by atoms with van der Waals surface area (Å²) in [7, 11) is 1.56. The van der Waals surface area contributed by atoms with Crippen molar-refractivity contribution >= 4 is 40.7 Å². The molecule has 1 atom stereocenters. The Kier molecular flexibility index (Phi) is 9.03. The molecule has 0 bridgehead atoms. The van der Waals surface area contributed by atoms with E-state index in [9.17, 15) is 14.0 Å². The molecule has 0 aliphatic carbocycles. The Labute approximate surface area is 256 Å². The van der Waals surface area contributed by atoms with Crippen LogP contribution in [0.1, 0.15) is 22.9 Å². The van der Waals surface area contributed by atoms with Crippen LogP contribution >= 0.6 is 23.2 Å². The molecule has 0 radical (unpaired) electrons. The average molecular weight is 623 g/mol. The fourth-order valence-corrected chi connectivity index (χ4v) is 4.63. The molecule has 43 heavy (non-hydrogen) atoms. The monoisotopic (exact) mass is 622 g/mol. The summed E-state index contributed by atoms with van der Waals surface area (Å²) in [5, 5.41) is 15.3. The maximum absolute atomic E-state index is 14.2. The van der Waals surface area contributed by atoms with Gasteiger partial charge in [-0.1, -0.05) is 47.5 Å².